The van der Waals surface area contributed by atoms with E-state index < -0.39 is 16.8 Å². The molecule has 1 atom stereocenters. The van der Waals surface area contributed by atoms with E-state index in [9.17, 15) is 14.9 Å². The van der Waals surface area contributed by atoms with Crippen LogP contribution in [0.4, 0.5) is 11.5 Å². The summed E-state index contributed by atoms with van der Waals surface area (Å²) < 4.78 is 5.42. The number of likely N-dealkylation sites (N-methyl/N-ethyl adjacent to an activating group) is 1. The molecular weight excluding hydrogens is 286 g/mol. The van der Waals surface area contributed by atoms with Gasteiger partial charge in [-0.15, -0.1) is 0 Å². The van der Waals surface area contributed by atoms with Gasteiger partial charge in [0.25, 0.3) is 5.91 Å². The fourth-order valence-corrected chi connectivity index (χ4v) is 1.90. The number of aromatic nitrogens is 1. The Bertz CT molecular complexity index is 675. The Morgan fingerprint density at radius 2 is 1.95 bits per heavy atom. The molecule has 0 aliphatic rings. The highest BCUT2D eigenvalue weighted by molar-refractivity contribution is 5.96. The average molecular weight is 301 g/mol. The van der Waals surface area contributed by atoms with Crippen molar-refractivity contribution in [1.82, 2.24) is 4.98 Å². The van der Waals surface area contributed by atoms with Crippen molar-refractivity contribution in [1.29, 1.82) is 0 Å². The zero-order valence-corrected chi connectivity index (χ0v) is 12.2. The Hall–Kier alpha value is -2.96. The van der Waals surface area contributed by atoms with Crippen LogP contribution in [0.1, 0.15) is 6.92 Å². The maximum absolute atomic E-state index is 12.3. The number of hydrogen-bond acceptors (Lipinski definition) is 5. The fourth-order valence-electron chi connectivity index (χ4n) is 1.90. The first-order chi connectivity index (χ1) is 10.5. The third-order valence-electron chi connectivity index (χ3n) is 3.05. The van der Waals surface area contributed by atoms with Crippen molar-refractivity contribution in [3.63, 3.8) is 0 Å². The normalized spacial score (nSPS) is 11.5. The fraction of sp³-hybridized carbons (Fsp3) is 0.200. The first-order valence-corrected chi connectivity index (χ1v) is 6.59. The van der Waals surface area contributed by atoms with Gasteiger partial charge in [-0.2, -0.15) is 0 Å². The summed E-state index contributed by atoms with van der Waals surface area (Å²) in [6.07, 6.45) is 0.418. The van der Waals surface area contributed by atoms with Gasteiger partial charge in [-0.1, -0.05) is 18.2 Å². The van der Waals surface area contributed by atoms with Crippen LogP contribution in [-0.4, -0.2) is 29.0 Å². The second-order valence-corrected chi connectivity index (χ2v) is 4.58. The second kappa shape index (κ2) is 6.66. The third kappa shape index (κ3) is 3.38. The average Bonchev–Trinajstić information content (AvgIpc) is 2.54. The minimum Gasteiger partial charge on any atom is -0.473 e. The lowest BCUT2D eigenvalue weighted by molar-refractivity contribution is -0.390. The lowest BCUT2D eigenvalue weighted by Gasteiger charge is -2.21. The van der Waals surface area contributed by atoms with Crippen LogP contribution >= 0.6 is 0 Å². The predicted molar refractivity (Wildman–Crippen MR) is 80.8 cm³/mol. The van der Waals surface area contributed by atoms with Gasteiger partial charge in [-0.25, -0.2) is 0 Å². The Labute approximate surface area is 127 Å². The molecule has 0 fully saturated rings. The summed E-state index contributed by atoms with van der Waals surface area (Å²) in [7, 11) is 1.62. The summed E-state index contributed by atoms with van der Waals surface area (Å²) in [6, 6.07) is 12.0. The lowest BCUT2D eigenvalue weighted by atomic mass is 10.2. The van der Waals surface area contributed by atoms with Gasteiger partial charge >= 0.3 is 5.82 Å². The molecule has 7 nitrogen and oxygen atoms in total. The molecule has 7 heteroatoms. The summed E-state index contributed by atoms with van der Waals surface area (Å²) in [5.41, 5.74) is 0.712. The highest BCUT2D eigenvalue weighted by Crippen LogP contribution is 2.24. The smallest absolute Gasteiger partial charge is 0.406 e. The van der Waals surface area contributed by atoms with Gasteiger partial charge in [0.1, 0.15) is 6.20 Å². The standard InChI is InChI=1S/C15H15N3O4/c1-11(15(19)17(2)12-7-4-3-5-8-12)22-13-9-6-10-16-14(13)18(20)21/h3-11H,1-2H3/t11-/m0/s1. The van der Waals surface area contributed by atoms with Crippen LogP contribution in [0.3, 0.4) is 0 Å². The molecule has 2 aromatic rings. The molecule has 1 aromatic heterocycles. The predicted octanol–water partition coefficient (Wildman–Crippen LogP) is 2.42. The summed E-state index contributed by atoms with van der Waals surface area (Å²) in [6.45, 7) is 1.54. The summed E-state index contributed by atoms with van der Waals surface area (Å²) in [5.74, 6) is -0.760. The third-order valence-corrected chi connectivity index (χ3v) is 3.05. The summed E-state index contributed by atoms with van der Waals surface area (Å²) in [5, 5.41) is 10.9. The Morgan fingerprint density at radius 3 is 2.59 bits per heavy atom. The van der Waals surface area contributed by atoms with Crippen molar-refractivity contribution < 1.29 is 14.5 Å². The number of ether oxygens (including phenoxy) is 1. The first-order valence-electron chi connectivity index (χ1n) is 6.59. The van der Waals surface area contributed by atoms with Gasteiger partial charge in [0.15, 0.2) is 6.10 Å². The SMILES string of the molecule is C[C@H](Oc1cccnc1[N+](=O)[O-])C(=O)N(C)c1ccccc1. The second-order valence-electron chi connectivity index (χ2n) is 4.58. The van der Waals surface area contributed by atoms with E-state index in [2.05, 4.69) is 4.98 Å². The molecule has 1 amide bonds. The number of amides is 1. The van der Waals surface area contributed by atoms with E-state index in [0.717, 1.165) is 0 Å². The molecule has 0 spiro atoms. The molecule has 0 aliphatic carbocycles. The number of carbonyl (C=O) groups is 1. The van der Waals surface area contributed by atoms with Crippen LogP contribution in [0, 0.1) is 10.1 Å². The maximum Gasteiger partial charge on any atom is 0.406 e. The number of anilines is 1. The number of benzene rings is 1. The Balaban J connectivity index is 2.14. The number of para-hydroxylation sites is 1. The molecule has 1 heterocycles. The van der Waals surface area contributed by atoms with Crippen molar-refractivity contribution in [2.75, 3.05) is 11.9 Å². The van der Waals surface area contributed by atoms with Crippen molar-refractivity contribution in [2.45, 2.75) is 13.0 Å². The Kier molecular flexibility index (Phi) is 4.67. The molecular formula is C15H15N3O4. The number of rotatable bonds is 5. The van der Waals surface area contributed by atoms with Crippen LogP contribution in [0.2, 0.25) is 0 Å². The molecule has 0 unspecified atom stereocenters. The molecule has 2 rings (SSSR count). The number of nitrogens with zero attached hydrogens (tertiary/aromatic N) is 3. The first kappa shape index (κ1) is 15.4. The van der Waals surface area contributed by atoms with E-state index >= 15 is 0 Å². The van der Waals surface area contributed by atoms with Crippen LogP contribution < -0.4 is 9.64 Å². The van der Waals surface area contributed by atoms with Gasteiger partial charge in [0, 0.05) is 12.7 Å². The molecule has 114 valence electrons. The van der Waals surface area contributed by atoms with E-state index in [0.29, 0.717) is 5.69 Å². The van der Waals surface area contributed by atoms with E-state index in [1.54, 1.807) is 26.1 Å². The van der Waals surface area contributed by atoms with Crippen LogP contribution in [0.25, 0.3) is 0 Å². The largest absolute Gasteiger partial charge is 0.473 e. The zero-order valence-electron chi connectivity index (χ0n) is 12.2. The van der Waals surface area contributed by atoms with E-state index in [-0.39, 0.29) is 11.7 Å². The summed E-state index contributed by atoms with van der Waals surface area (Å²) in [4.78, 5) is 27.7. The molecule has 1 aromatic carbocycles. The maximum atomic E-state index is 12.3. The summed E-state index contributed by atoms with van der Waals surface area (Å²) >= 11 is 0. The van der Waals surface area contributed by atoms with E-state index in [1.807, 2.05) is 18.2 Å². The quantitative estimate of drug-likeness (QED) is 0.625. The van der Waals surface area contributed by atoms with Crippen LogP contribution in [0.15, 0.2) is 48.7 Å². The molecule has 0 N–H and O–H groups in total. The van der Waals surface area contributed by atoms with Crippen molar-refractivity contribution in [3.8, 4) is 5.75 Å². The van der Waals surface area contributed by atoms with Gasteiger partial charge < -0.3 is 19.8 Å². The number of nitro groups is 1. The van der Waals surface area contributed by atoms with Gasteiger partial charge in [0.2, 0.25) is 5.75 Å². The highest BCUT2D eigenvalue weighted by atomic mass is 16.6. The van der Waals surface area contributed by atoms with Crippen LogP contribution in [0.5, 0.6) is 5.75 Å². The molecule has 0 aliphatic heterocycles. The molecule has 22 heavy (non-hydrogen) atoms. The zero-order chi connectivity index (χ0) is 16.1. The molecule has 0 bridgehead atoms. The minimum atomic E-state index is -0.881. The minimum absolute atomic E-state index is 0.0326. The number of hydrogen-bond donors (Lipinski definition) is 0. The lowest BCUT2D eigenvalue weighted by Crippen LogP contribution is -2.38. The van der Waals surface area contributed by atoms with Crippen molar-refractivity contribution >= 4 is 17.4 Å². The topological polar surface area (TPSA) is 85.6 Å². The molecule has 0 saturated heterocycles. The Morgan fingerprint density at radius 1 is 1.27 bits per heavy atom. The van der Waals surface area contributed by atoms with Gasteiger partial charge in [0.05, 0.1) is 0 Å². The molecule has 0 radical (unpaired) electrons. The number of pyridine rings is 1. The van der Waals surface area contributed by atoms with Crippen molar-refractivity contribution in [3.05, 3.63) is 58.8 Å². The van der Waals surface area contributed by atoms with E-state index in [1.165, 1.54) is 23.2 Å². The highest BCUT2D eigenvalue weighted by Gasteiger charge is 2.24. The van der Waals surface area contributed by atoms with Gasteiger partial charge in [-0.3, -0.25) is 4.79 Å². The van der Waals surface area contributed by atoms with Crippen molar-refractivity contribution in [2.24, 2.45) is 0 Å². The number of carbonyl (C=O) groups excluding carboxylic acids is 1. The van der Waals surface area contributed by atoms with E-state index in [4.69, 9.17) is 4.74 Å². The van der Waals surface area contributed by atoms with Gasteiger partial charge in [-0.05, 0) is 41.1 Å². The molecule has 0 saturated carbocycles. The van der Waals surface area contributed by atoms with Crippen LogP contribution in [-0.2, 0) is 4.79 Å². The monoisotopic (exact) mass is 301 g/mol.